The summed E-state index contributed by atoms with van der Waals surface area (Å²) in [6, 6.07) is 0.180. The van der Waals surface area contributed by atoms with Crippen LogP contribution < -0.4 is 0 Å². The highest BCUT2D eigenvalue weighted by Crippen LogP contribution is 2.26. The molecular formula is C19H31N3O3. The van der Waals surface area contributed by atoms with Gasteiger partial charge in [0, 0.05) is 19.5 Å². The second-order valence-electron chi connectivity index (χ2n) is 7.13. The zero-order chi connectivity index (χ0) is 18.4. The summed E-state index contributed by atoms with van der Waals surface area (Å²) in [5.74, 6) is -0.171. The average Bonchev–Trinajstić information content (AvgIpc) is 3.00. The molecule has 1 aromatic heterocycles. The maximum Gasteiger partial charge on any atom is 0.339 e. The first-order chi connectivity index (χ1) is 12.0. The molecule has 1 atom stereocenters. The second kappa shape index (κ2) is 9.02. The third kappa shape index (κ3) is 4.83. The summed E-state index contributed by atoms with van der Waals surface area (Å²) in [6.45, 7) is 7.62. The first kappa shape index (κ1) is 19.5. The third-order valence-corrected chi connectivity index (χ3v) is 5.44. The van der Waals surface area contributed by atoms with E-state index in [0.717, 1.165) is 38.8 Å². The fraction of sp³-hybridized carbons (Fsp3) is 0.737. The van der Waals surface area contributed by atoms with Crippen LogP contribution in [0.15, 0.2) is 6.20 Å². The lowest BCUT2D eigenvalue weighted by Crippen LogP contribution is -2.40. The number of hydrogen-bond acceptors (Lipinski definition) is 3. The van der Waals surface area contributed by atoms with E-state index in [4.69, 9.17) is 5.11 Å². The summed E-state index contributed by atoms with van der Waals surface area (Å²) in [5, 5.41) is 13.4. The number of carbonyl (C=O) groups excluding carboxylic acids is 1. The van der Waals surface area contributed by atoms with E-state index in [1.54, 1.807) is 6.92 Å². The molecule has 0 aromatic carbocycles. The van der Waals surface area contributed by atoms with E-state index in [1.807, 2.05) is 9.58 Å². The van der Waals surface area contributed by atoms with Crippen LogP contribution >= 0.6 is 0 Å². The maximum absolute atomic E-state index is 12.6. The molecule has 2 heterocycles. The van der Waals surface area contributed by atoms with Crippen LogP contribution in [-0.4, -0.2) is 44.8 Å². The Morgan fingerprint density at radius 3 is 2.52 bits per heavy atom. The van der Waals surface area contributed by atoms with Gasteiger partial charge in [-0.15, -0.1) is 0 Å². The number of aromatic carboxylic acids is 1. The molecule has 0 saturated carbocycles. The number of likely N-dealkylation sites (tertiary alicyclic amines) is 1. The van der Waals surface area contributed by atoms with E-state index in [9.17, 15) is 9.59 Å². The molecule has 2 rings (SSSR count). The number of amides is 1. The van der Waals surface area contributed by atoms with Crippen molar-refractivity contribution in [3.8, 4) is 0 Å². The molecule has 0 spiro atoms. The molecule has 0 radical (unpaired) electrons. The first-order valence-electron chi connectivity index (χ1n) is 9.53. The summed E-state index contributed by atoms with van der Waals surface area (Å²) in [4.78, 5) is 25.7. The average molecular weight is 349 g/mol. The molecule has 1 N–H and O–H groups in total. The summed E-state index contributed by atoms with van der Waals surface area (Å²) < 4.78 is 1.82. The largest absolute Gasteiger partial charge is 0.478 e. The molecular weight excluding hydrogens is 318 g/mol. The molecule has 1 saturated heterocycles. The van der Waals surface area contributed by atoms with Gasteiger partial charge in [0.1, 0.15) is 5.56 Å². The van der Waals surface area contributed by atoms with Crippen molar-refractivity contribution >= 4 is 11.9 Å². The van der Waals surface area contributed by atoms with Gasteiger partial charge in [0.2, 0.25) is 5.91 Å². The van der Waals surface area contributed by atoms with Crippen LogP contribution in [0.25, 0.3) is 0 Å². The molecule has 1 unspecified atom stereocenters. The Morgan fingerprint density at radius 1 is 1.32 bits per heavy atom. The summed E-state index contributed by atoms with van der Waals surface area (Å²) >= 11 is 0. The molecule has 25 heavy (non-hydrogen) atoms. The van der Waals surface area contributed by atoms with Gasteiger partial charge in [0.05, 0.1) is 17.9 Å². The number of nitrogens with zero attached hydrogens (tertiary/aromatic N) is 3. The predicted molar refractivity (Wildman–Crippen MR) is 96.7 cm³/mol. The number of carbonyl (C=O) groups is 2. The van der Waals surface area contributed by atoms with Crippen molar-refractivity contribution in [2.45, 2.75) is 71.8 Å². The van der Waals surface area contributed by atoms with Gasteiger partial charge >= 0.3 is 5.97 Å². The Kier molecular flexibility index (Phi) is 7.02. The quantitative estimate of drug-likeness (QED) is 0.777. The van der Waals surface area contributed by atoms with E-state index in [2.05, 4.69) is 18.9 Å². The monoisotopic (exact) mass is 349 g/mol. The van der Waals surface area contributed by atoms with Gasteiger partial charge < -0.3 is 10.0 Å². The zero-order valence-corrected chi connectivity index (χ0v) is 15.7. The lowest BCUT2D eigenvalue weighted by Gasteiger charge is -2.33. The molecule has 0 bridgehead atoms. The van der Waals surface area contributed by atoms with Crippen molar-refractivity contribution in [3.05, 3.63) is 17.5 Å². The van der Waals surface area contributed by atoms with Crippen LogP contribution in [0.3, 0.4) is 0 Å². The van der Waals surface area contributed by atoms with Crippen LogP contribution in [0.1, 0.15) is 80.9 Å². The Morgan fingerprint density at radius 2 is 2.00 bits per heavy atom. The van der Waals surface area contributed by atoms with Gasteiger partial charge in [-0.1, -0.05) is 33.1 Å². The normalized spacial score (nSPS) is 16.8. The van der Waals surface area contributed by atoms with Crippen LogP contribution in [0.4, 0.5) is 0 Å². The fourth-order valence-corrected chi connectivity index (χ4v) is 3.68. The van der Waals surface area contributed by atoms with Gasteiger partial charge in [-0.2, -0.15) is 5.10 Å². The van der Waals surface area contributed by atoms with Crippen LogP contribution in [0.2, 0.25) is 0 Å². The fourth-order valence-electron chi connectivity index (χ4n) is 3.68. The minimum absolute atomic E-state index is 0.180. The minimum Gasteiger partial charge on any atom is -0.478 e. The molecule has 1 aromatic rings. The molecule has 1 aliphatic heterocycles. The Bertz CT molecular complexity index is 589. The molecule has 6 heteroatoms. The molecule has 1 aliphatic rings. The highest BCUT2D eigenvalue weighted by Gasteiger charge is 2.27. The Labute approximate surface area is 150 Å². The lowest BCUT2D eigenvalue weighted by molar-refractivity contribution is -0.133. The van der Waals surface area contributed by atoms with Crippen molar-refractivity contribution in [2.75, 3.05) is 13.1 Å². The van der Waals surface area contributed by atoms with Gasteiger partial charge in [0.15, 0.2) is 0 Å². The van der Waals surface area contributed by atoms with Crippen LogP contribution in [0.5, 0.6) is 0 Å². The van der Waals surface area contributed by atoms with Crippen molar-refractivity contribution in [1.29, 1.82) is 0 Å². The third-order valence-electron chi connectivity index (χ3n) is 5.44. The number of carboxylic acids is 1. The summed E-state index contributed by atoms with van der Waals surface area (Å²) in [7, 11) is 0. The molecule has 6 nitrogen and oxygen atoms in total. The maximum atomic E-state index is 12.6. The zero-order valence-electron chi connectivity index (χ0n) is 15.7. The second-order valence-corrected chi connectivity index (χ2v) is 7.13. The SMILES string of the molecule is CCCCC(CC)CC(=O)N1CCC(n2ncc(C(=O)O)c2C)CC1. The van der Waals surface area contributed by atoms with Crippen LogP contribution in [0, 0.1) is 12.8 Å². The van der Waals surface area contributed by atoms with Gasteiger partial charge in [0.25, 0.3) is 0 Å². The van der Waals surface area contributed by atoms with E-state index >= 15 is 0 Å². The first-order valence-corrected chi connectivity index (χ1v) is 9.53. The van der Waals surface area contributed by atoms with Gasteiger partial charge in [-0.3, -0.25) is 9.48 Å². The number of piperidine rings is 1. The van der Waals surface area contributed by atoms with Crippen molar-refractivity contribution < 1.29 is 14.7 Å². The summed E-state index contributed by atoms with van der Waals surface area (Å²) in [6.07, 6.45) is 8.32. The topological polar surface area (TPSA) is 75.4 Å². The lowest BCUT2D eigenvalue weighted by atomic mass is 9.94. The molecule has 140 valence electrons. The molecule has 0 aliphatic carbocycles. The number of rotatable bonds is 8. The van der Waals surface area contributed by atoms with Gasteiger partial charge in [-0.25, -0.2) is 4.79 Å². The minimum atomic E-state index is -0.936. The van der Waals surface area contributed by atoms with E-state index in [1.165, 1.54) is 19.0 Å². The van der Waals surface area contributed by atoms with Crippen LogP contribution in [-0.2, 0) is 4.79 Å². The highest BCUT2D eigenvalue weighted by atomic mass is 16.4. The smallest absolute Gasteiger partial charge is 0.339 e. The molecule has 1 amide bonds. The van der Waals surface area contributed by atoms with Crippen molar-refractivity contribution in [2.24, 2.45) is 5.92 Å². The Balaban J connectivity index is 1.88. The van der Waals surface area contributed by atoms with Crippen molar-refractivity contribution in [3.63, 3.8) is 0 Å². The van der Waals surface area contributed by atoms with Gasteiger partial charge in [-0.05, 0) is 32.1 Å². The predicted octanol–water partition coefficient (Wildman–Crippen LogP) is 3.66. The Hall–Kier alpha value is -1.85. The van der Waals surface area contributed by atoms with E-state index < -0.39 is 5.97 Å². The van der Waals surface area contributed by atoms with E-state index in [-0.39, 0.29) is 17.5 Å². The number of hydrogen-bond donors (Lipinski definition) is 1. The summed E-state index contributed by atoms with van der Waals surface area (Å²) in [5.41, 5.74) is 0.961. The number of aromatic nitrogens is 2. The highest BCUT2D eigenvalue weighted by molar-refractivity contribution is 5.88. The number of unbranched alkanes of at least 4 members (excludes halogenated alkanes) is 1. The number of carboxylic acid groups (broad SMARTS) is 1. The molecule has 1 fully saturated rings. The van der Waals surface area contributed by atoms with Crippen molar-refractivity contribution in [1.82, 2.24) is 14.7 Å². The standard InChI is InChI=1S/C19H31N3O3/c1-4-6-7-15(5-2)12-18(23)21-10-8-16(9-11-21)22-14(3)17(13-20-22)19(24)25/h13,15-16H,4-12H2,1-3H3,(H,24,25). The van der Waals surface area contributed by atoms with E-state index in [0.29, 0.717) is 18.0 Å².